The molecule has 3 rings (SSSR count). The van der Waals surface area contributed by atoms with Crippen molar-refractivity contribution in [1.82, 2.24) is 19.5 Å². The number of amides is 2. The Morgan fingerprint density at radius 1 is 0.900 bits per heavy atom. The monoisotopic (exact) mass is 412 g/mol. The Kier molecular flexibility index (Phi) is 6.05. The summed E-state index contributed by atoms with van der Waals surface area (Å²) in [6.45, 7) is 5.78. The number of hydrogen-bond acceptors (Lipinski definition) is 7. The lowest BCUT2D eigenvalue weighted by atomic mass is 10.2. The summed E-state index contributed by atoms with van der Waals surface area (Å²) in [5.74, 6) is 2.59. The second-order valence-electron chi connectivity index (χ2n) is 6.43. The number of methoxy groups -OCH3 is 3. The topological polar surface area (TPSA) is 112 Å². The molecule has 2 aromatic heterocycles. The van der Waals surface area contributed by atoms with E-state index >= 15 is 0 Å². The van der Waals surface area contributed by atoms with Gasteiger partial charge in [0, 0.05) is 17.8 Å². The van der Waals surface area contributed by atoms with Gasteiger partial charge in [0.15, 0.2) is 11.5 Å². The number of carbonyl (C=O) groups excluding carboxylic acids is 1. The van der Waals surface area contributed by atoms with Crippen LogP contribution in [0.1, 0.15) is 17.2 Å². The van der Waals surface area contributed by atoms with Gasteiger partial charge >= 0.3 is 6.03 Å². The molecule has 10 nitrogen and oxygen atoms in total. The lowest BCUT2D eigenvalue weighted by Gasteiger charge is -2.15. The van der Waals surface area contributed by atoms with E-state index in [1.165, 1.54) is 33.7 Å². The molecule has 0 aliphatic carbocycles. The molecule has 3 aromatic rings. The van der Waals surface area contributed by atoms with Crippen LogP contribution >= 0.6 is 0 Å². The van der Waals surface area contributed by atoms with Crippen molar-refractivity contribution >= 4 is 17.4 Å². The van der Waals surface area contributed by atoms with Gasteiger partial charge in [-0.05, 0) is 20.8 Å². The average molecular weight is 412 g/mol. The molecule has 2 amide bonds. The number of rotatable bonds is 6. The Bertz CT molecular complexity index is 1040. The van der Waals surface area contributed by atoms with Crippen molar-refractivity contribution in [2.45, 2.75) is 20.8 Å². The van der Waals surface area contributed by atoms with Crippen molar-refractivity contribution in [2.24, 2.45) is 0 Å². The molecule has 0 spiro atoms. The predicted molar refractivity (Wildman–Crippen MR) is 112 cm³/mol. The quantitative estimate of drug-likeness (QED) is 0.639. The van der Waals surface area contributed by atoms with Gasteiger partial charge in [-0.3, -0.25) is 4.57 Å². The van der Waals surface area contributed by atoms with Crippen molar-refractivity contribution in [2.75, 3.05) is 32.0 Å². The summed E-state index contributed by atoms with van der Waals surface area (Å²) in [5, 5.41) is 5.42. The van der Waals surface area contributed by atoms with Crippen LogP contribution in [-0.2, 0) is 0 Å². The van der Waals surface area contributed by atoms with E-state index in [0.29, 0.717) is 34.6 Å². The molecule has 10 heteroatoms. The third-order valence-corrected chi connectivity index (χ3v) is 4.53. The highest BCUT2D eigenvalue weighted by molar-refractivity contribution is 6.00. The summed E-state index contributed by atoms with van der Waals surface area (Å²) in [6, 6.07) is 2.80. The third-order valence-electron chi connectivity index (χ3n) is 4.53. The van der Waals surface area contributed by atoms with Crippen LogP contribution in [0.4, 0.5) is 16.2 Å². The molecule has 0 saturated heterocycles. The molecule has 0 radical (unpaired) electrons. The molecule has 158 valence electrons. The van der Waals surface area contributed by atoms with E-state index in [9.17, 15) is 4.79 Å². The number of imidazole rings is 1. The van der Waals surface area contributed by atoms with Crippen LogP contribution in [0.3, 0.4) is 0 Å². The zero-order valence-electron chi connectivity index (χ0n) is 17.7. The summed E-state index contributed by atoms with van der Waals surface area (Å²) < 4.78 is 17.7. The Balaban J connectivity index is 1.74. The van der Waals surface area contributed by atoms with Crippen molar-refractivity contribution < 1.29 is 19.0 Å². The fraction of sp³-hybridized carbons (Fsp3) is 0.300. The Hall–Kier alpha value is -3.82. The van der Waals surface area contributed by atoms with Gasteiger partial charge in [-0.25, -0.2) is 19.7 Å². The summed E-state index contributed by atoms with van der Waals surface area (Å²) in [7, 11) is 4.52. The van der Waals surface area contributed by atoms with Crippen LogP contribution in [0.15, 0.2) is 24.5 Å². The molecule has 0 aliphatic rings. The van der Waals surface area contributed by atoms with Gasteiger partial charge in [0.25, 0.3) is 0 Å². The Morgan fingerprint density at radius 2 is 1.47 bits per heavy atom. The van der Waals surface area contributed by atoms with Gasteiger partial charge in [0.05, 0.1) is 50.8 Å². The Morgan fingerprint density at radius 3 is 1.93 bits per heavy atom. The van der Waals surface area contributed by atoms with Crippen LogP contribution in [-0.4, -0.2) is 46.9 Å². The second-order valence-corrected chi connectivity index (χ2v) is 6.43. The first-order chi connectivity index (χ1) is 14.4. The highest BCUT2D eigenvalue weighted by Gasteiger charge is 2.15. The molecule has 2 N–H and O–H groups in total. The van der Waals surface area contributed by atoms with Crippen molar-refractivity contribution in [3.05, 3.63) is 41.7 Å². The first-order valence-electron chi connectivity index (χ1n) is 9.10. The zero-order valence-corrected chi connectivity index (χ0v) is 17.7. The Labute approximate surface area is 174 Å². The van der Waals surface area contributed by atoms with Gasteiger partial charge < -0.3 is 24.8 Å². The standard InChI is InChI=1S/C20H24N6O4/c1-11-12(2)26(13(3)23-11)19-21-9-15(10-22-19)25-20(27)24-14-7-16(28-4)18(30-6)17(8-14)29-5/h7-10H,1-6H3,(H2,24,25,27). The smallest absolute Gasteiger partial charge is 0.323 e. The van der Waals surface area contributed by atoms with E-state index < -0.39 is 6.03 Å². The van der Waals surface area contributed by atoms with E-state index in [4.69, 9.17) is 14.2 Å². The van der Waals surface area contributed by atoms with Gasteiger partial charge in [-0.1, -0.05) is 0 Å². The summed E-state index contributed by atoms with van der Waals surface area (Å²) in [4.78, 5) is 25.5. The lowest BCUT2D eigenvalue weighted by Crippen LogP contribution is -2.20. The van der Waals surface area contributed by atoms with Crippen LogP contribution in [0.25, 0.3) is 5.95 Å². The van der Waals surface area contributed by atoms with Gasteiger partial charge in [0.2, 0.25) is 11.7 Å². The van der Waals surface area contributed by atoms with Crippen molar-refractivity contribution in [1.29, 1.82) is 0 Å². The SMILES string of the molecule is COc1cc(NC(=O)Nc2cnc(-n3c(C)nc(C)c3C)nc2)cc(OC)c1OC. The fourth-order valence-corrected chi connectivity index (χ4v) is 3.02. The molecule has 0 aliphatic heterocycles. The van der Waals surface area contributed by atoms with E-state index in [1.807, 2.05) is 25.3 Å². The lowest BCUT2D eigenvalue weighted by molar-refractivity contribution is 0.262. The molecular weight excluding hydrogens is 388 g/mol. The minimum Gasteiger partial charge on any atom is -0.493 e. The normalized spacial score (nSPS) is 10.5. The number of hydrogen-bond donors (Lipinski definition) is 2. The maximum Gasteiger partial charge on any atom is 0.323 e. The number of benzene rings is 1. The van der Waals surface area contributed by atoms with E-state index in [0.717, 1.165) is 17.2 Å². The number of nitrogens with zero attached hydrogens (tertiary/aromatic N) is 4. The molecule has 30 heavy (non-hydrogen) atoms. The minimum atomic E-state index is -0.466. The van der Waals surface area contributed by atoms with Crippen molar-refractivity contribution in [3.8, 4) is 23.2 Å². The van der Waals surface area contributed by atoms with E-state index in [1.54, 1.807) is 12.1 Å². The van der Waals surface area contributed by atoms with Gasteiger partial charge in [-0.2, -0.15) is 0 Å². The predicted octanol–water partition coefficient (Wildman–Crippen LogP) is 3.26. The molecule has 0 unspecified atom stereocenters. The van der Waals surface area contributed by atoms with E-state index in [-0.39, 0.29) is 0 Å². The van der Waals surface area contributed by atoms with Gasteiger partial charge in [0.1, 0.15) is 5.82 Å². The summed E-state index contributed by atoms with van der Waals surface area (Å²) in [5.41, 5.74) is 2.80. The number of urea groups is 1. The molecule has 0 fully saturated rings. The maximum atomic E-state index is 12.4. The highest BCUT2D eigenvalue weighted by atomic mass is 16.5. The van der Waals surface area contributed by atoms with Crippen LogP contribution in [0.5, 0.6) is 17.2 Å². The molecule has 0 saturated carbocycles. The van der Waals surface area contributed by atoms with Crippen LogP contribution in [0.2, 0.25) is 0 Å². The molecule has 1 aromatic carbocycles. The highest BCUT2D eigenvalue weighted by Crippen LogP contribution is 2.39. The van der Waals surface area contributed by atoms with E-state index in [2.05, 4.69) is 25.6 Å². The number of anilines is 2. The third kappa shape index (κ3) is 4.12. The number of aryl methyl sites for hydroxylation is 2. The summed E-state index contributed by atoms with van der Waals surface area (Å²) in [6.07, 6.45) is 3.07. The zero-order chi connectivity index (χ0) is 21.8. The molecule has 2 heterocycles. The molecular formula is C20H24N6O4. The minimum absolute atomic E-state index is 0.432. The number of carbonyl (C=O) groups is 1. The number of nitrogens with one attached hydrogen (secondary N) is 2. The largest absolute Gasteiger partial charge is 0.493 e. The summed E-state index contributed by atoms with van der Waals surface area (Å²) >= 11 is 0. The number of aromatic nitrogens is 4. The maximum absolute atomic E-state index is 12.4. The van der Waals surface area contributed by atoms with Crippen LogP contribution in [0, 0.1) is 20.8 Å². The second kappa shape index (κ2) is 8.68. The molecule has 0 bridgehead atoms. The first-order valence-corrected chi connectivity index (χ1v) is 9.10. The number of ether oxygens (including phenoxy) is 3. The fourth-order valence-electron chi connectivity index (χ4n) is 3.02. The molecule has 0 atom stereocenters. The average Bonchev–Trinajstić information content (AvgIpc) is 2.99. The van der Waals surface area contributed by atoms with Crippen LogP contribution < -0.4 is 24.8 Å². The van der Waals surface area contributed by atoms with Crippen molar-refractivity contribution in [3.63, 3.8) is 0 Å². The van der Waals surface area contributed by atoms with Gasteiger partial charge in [-0.15, -0.1) is 0 Å². The first kappa shape index (κ1) is 20.9.